The maximum Gasteiger partial charge on any atom is 0.246 e. The Morgan fingerprint density at radius 3 is 2.86 bits per heavy atom. The number of ether oxygens (including phenoxy) is 1. The van der Waals surface area contributed by atoms with Crippen LogP contribution in [-0.4, -0.2) is 24.1 Å². The lowest BCUT2D eigenvalue weighted by atomic mass is 10.3. The van der Waals surface area contributed by atoms with Gasteiger partial charge in [0.15, 0.2) is 0 Å². The smallest absolute Gasteiger partial charge is 0.246 e. The zero-order valence-corrected chi connectivity index (χ0v) is 8.19. The van der Waals surface area contributed by atoms with Gasteiger partial charge >= 0.3 is 0 Å². The second-order valence-electron chi connectivity index (χ2n) is 2.77. The van der Waals surface area contributed by atoms with E-state index in [2.05, 4.69) is 10.3 Å². The summed E-state index contributed by atoms with van der Waals surface area (Å²) in [5.41, 5.74) is 1.03. The third-order valence-electron chi connectivity index (χ3n) is 1.68. The van der Waals surface area contributed by atoms with Gasteiger partial charge in [0.05, 0.1) is 0 Å². The SMILES string of the molecule is CCOCC(=O)NCc1ccncc1. The summed E-state index contributed by atoms with van der Waals surface area (Å²) in [5.74, 6) is -0.0938. The molecule has 0 atom stereocenters. The number of pyridine rings is 1. The third kappa shape index (κ3) is 4.00. The molecule has 0 radical (unpaired) electrons. The van der Waals surface area contributed by atoms with Crippen LogP contribution in [0.15, 0.2) is 24.5 Å². The second kappa shape index (κ2) is 6.10. The first-order valence-corrected chi connectivity index (χ1v) is 4.56. The van der Waals surface area contributed by atoms with Gasteiger partial charge in [-0.05, 0) is 24.6 Å². The summed E-state index contributed by atoms with van der Waals surface area (Å²) in [6.45, 7) is 3.06. The largest absolute Gasteiger partial charge is 0.372 e. The van der Waals surface area contributed by atoms with Gasteiger partial charge in [-0.15, -0.1) is 0 Å². The molecule has 4 nitrogen and oxygen atoms in total. The summed E-state index contributed by atoms with van der Waals surface area (Å²) < 4.78 is 4.96. The van der Waals surface area contributed by atoms with Gasteiger partial charge in [0.1, 0.15) is 6.61 Å². The first-order valence-electron chi connectivity index (χ1n) is 4.56. The van der Waals surface area contributed by atoms with Crippen molar-refractivity contribution in [2.45, 2.75) is 13.5 Å². The van der Waals surface area contributed by atoms with E-state index in [1.807, 2.05) is 19.1 Å². The van der Waals surface area contributed by atoms with Crippen LogP contribution in [0.3, 0.4) is 0 Å². The van der Waals surface area contributed by atoms with Crippen molar-refractivity contribution in [3.8, 4) is 0 Å². The summed E-state index contributed by atoms with van der Waals surface area (Å²) in [6.07, 6.45) is 3.40. The first kappa shape index (κ1) is 10.7. The van der Waals surface area contributed by atoms with E-state index in [0.717, 1.165) is 5.56 Å². The molecule has 0 aromatic carbocycles. The molecule has 0 saturated carbocycles. The van der Waals surface area contributed by atoms with Crippen molar-refractivity contribution in [3.63, 3.8) is 0 Å². The first-order chi connectivity index (χ1) is 6.83. The van der Waals surface area contributed by atoms with Gasteiger partial charge in [0.25, 0.3) is 0 Å². The Morgan fingerprint density at radius 1 is 1.50 bits per heavy atom. The van der Waals surface area contributed by atoms with Crippen LogP contribution in [0, 0.1) is 0 Å². The fourth-order valence-corrected chi connectivity index (χ4v) is 0.947. The van der Waals surface area contributed by atoms with E-state index >= 15 is 0 Å². The van der Waals surface area contributed by atoms with Gasteiger partial charge in [-0.25, -0.2) is 0 Å². The molecule has 0 unspecified atom stereocenters. The van der Waals surface area contributed by atoms with Crippen LogP contribution in [-0.2, 0) is 16.1 Å². The van der Waals surface area contributed by atoms with Crippen LogP contribution in [0.1, 0.15) is 12.5 Å². The molecule has 0 aliphatic carbocycles. The molecule has 1 rings (SSSR count). The topological polar surface area (TPSA) is 51.2 Å². The van der Waals surface area contributed by atoms with Gasteiger partial charge in [-0.1, -0.05) is 0 Å². The predicted octanol–water partition coefficient (Wildman–Crippen LogP) is 0.734. The summed E-state index contributed by atoms with van der Waals surface area (Å²) in [6, 6.07) is 3.72. The number of hydrogen-bond acceptors (Lipinski definition) is 3. The summed E-state index contributed by atoms with van der Waals surface area (Å²) in [7, 11) is 0. The third-order valence-corrected chi connectivity index (χ3v) is 1.68. The van der Waals surface area contributed by atoms with Crippen LogP contribution >= 0.6 is 0 Å². The average molecular weight is 194 g/mol. The second-order valence-corrected chi connectivity index (χ2v) is 2.77. The molecule has 76 valence electrons. The highest BCUT2D eigenvalue weighted by Crippen LogP contribution is 1.94. The van der Waals surface area contributed by atoms with E-state index in [4.69, 9.17) is 4.74 Å². The van der Waals surface area contributed by atoms with Crippen molar-refractivity contribution in [3.05, 3.63) is 30.1 Å². The van der Waals surface area contributed by atoms with Gasteiger partial charge in [0, 0.05) is 25.5 Å². The lowest BCUT2D eigenvalue weighted by Crippen LogP contribution is -2.27. The van der Waals surface area contributed by atoms with E-state index < -0.39 is 0 Å². The van der Waals surface area contributed by atoms with Crippen molar-refractivity contribution in [2.75, 3.05) is 13.2 Å². The van der Waals surface area contributed by atoms with Crippen molar-refractivity contribution in [1.29, 1.82) is 0 Å². The van der Waals surface area contributed by atoms with E-state index in [0.29, 0.717) is 13.2 Å². The highest BCUT2D eigenvalue weighted by molar-refractivity contribution is 5.77. The maximum atomic E-state index is 11.1. The molecule has 0 fully saturated rings. The molecular weight excluding hydrogens is 180 g/mol. The number of carbonyl (C=O) groups excluding carboxylic acids is 1. The molecule has 1 aromatic rings. The Kier molecular flexibility index (Phi) is 4.64. The van der Waals surface area contributed by atoms with Gasteiger partial charge in [-0.3, -0.25) is 9.78 Å². The lowest BCUT2D eigenvalue weighted by molar-refractivity contribution is -0.125. The quantitative estimate of drug-likeness (QED) is 0.752. The number of carbonyl (C=O) groups is 1. The Bertz CT molecular complexity index is 275. The molecular formula is C10H14N2O2. The molecule has 0 bridgehead atoms. The Morgan fingerprint density at radius 2 is 2.21 bits per heavy atom. The summed E-state index contributed by atoms with van der Waals surface area (Å²) >= 11 is 0. The molecule has 4 heteroatoms. The van der Waals surface area contributed by atoms with Crippen LogP contribution in [0.5, 0.6) is 0 Å². The fraction of sp³-hybridized carbons (Fsp3) is 0.400. The average Bonchev–Trinajstić information content (AvgIpc) is 2.25. The van der Waals surface area contributed by atoms with Crippen molar-refractivity contribution >= 4 is 5.91 Å². The highest BCUT2D eigenvalue weighted by Gasteiger charge is 1.99. The number of rotatable bonds is 5. The Hall–Kier alpha value is -1.42. The molecule has 1 amide bonds. The van der Waals surface area contributed by atoms with E-state index in [-0.39, 0.29) is 12.5 Å². The molecule has 0 aliphatic rings. The zero-order chi connectivity index (χ0) is 10.2. The Balaban J connectivity index is 2.24. The molecule has 1 N–H and O–H groups in total. The predicted molar refractivity (Wildman–Crippen MR) is 52.6 cm³/mol. The van der Waals surface area contributed by atoms with Gasteiger partial charge in [-0.2, -0.15) is 0 Å². The fourth-order valence-electron chi connectivity index (χ4n) is 0.947. The molecule has 1 heterocycles. The van der Waals surface area contributed by atoms with E-state index in [1.165, 1.54) is 0 Å². The number of aromatic nitrogens is 1. The van der Waals surface area contributed by atoms with Crippen LogP contribution < -0.4 is 5.32 Å². The summed E-state index contributed by atoms with van der Waals surface area (Å²) in [4.78, 5) is 15.0. The number of nitrogens with one attached hydrogen (secondary N) is 1. The van der Waals surface area contributed by atoms with Crippen LogP contribution in [0.4, 0.5) is 0 Å². The van der Waals surface area contributed by atoms with Crippen LogP contribution in [0.25, 0.3) is 0 Å². The molecule has 0 spiro atoms. The van der Waals surface area contributed by atoms with Crippen molar-refractivity contribution in [1.82, 2.24) is 10.3 Å². The lowest BCUT2D eigenvalue weighted by Gasteiger charge is -2.04. The molecule has 0 aliphatic heterocycles. The molecule has 14 heavy (non-hydrogen) atoms. The molecule has 0 saturated heterocycles. The Labute approximate surface area is 83.3 Å². The van der Waals surface area contributed by atoms with Gasteiger partial charge in [0.2, 0.25) is 5.91 Å². The minimum Gasteiger partial charge on any atom is -0.372 e. The van der Waals surface area contributed by atoms with Crippen molar-refractivity contribution < 1.29 is 9.53 Å². The van der Waals surface area contributed by atoms with Crippen LogP contribution in [0.2, 0.25) is 0 Å². The van der Waals surface area contributed by atoms with E-state index in [9.17, 15) is 4.79 Å². The van der Waals surface area contributed by atoms with Crippen molar-refractivity contribution in [2.24, 2.45) is 0 Å². The maximum absolute atomic E-state index is 11.1. The normalized spacial score (nSPS) is 9.79. The number of nitrogens with zero attached hydrogens (tertiary/aromatic N) is 1. The highest BCUT2D eigenvalue weighted by atomic mass is 16.5. The minimum atomic E-state index is -0.0938. The van der Waals surface area contributed by atoms with E-state index in [1.54, 1.807) is 12.4 Å². The molecule has 1 aromatic heterocycles. The number of amides is 1. The minimum absolute atomic E-state index is 0.0938. The van der Waals surface area contributed by atoms with Gasteiger partial charge < -0.3 is 10.1 Å². The zero-order valence-electron chi connectivity index (χ0n) is 8.19. The summed E-state index contributed by atoms with van der Waals surface area (Å²) in [5, 5.41) is 2.74. The number of hydrogen-bond donors (Lipinski definition) is 1. The monoisotopic (exact) mass is 194 g/mol. The standard InChI is InChI=1S/C10H14N2O2/c1-2-14-8-10(13)12-7-9-3-5-11-6-4-9/h3-6H,2,7-8H2,1H3,(H,12,13).